The van der Waals surface area contributed by atoms with E-state index in [0.29, 0.717) is 48.4 Å². The number of aromatic nitrogens is 3. The average molecular weight is 450 g/mol. The number of imide groups is 1. The third-order valence-corrected chi connectivity index (χ3v) is 5.80. The molecule has 2 N–H and O–H groups in total. The molecule has 0 unspecified atom stereocenters. The molecule has 3 aromatic rings. The van der Waals surface area contributed by atoms with E-state index in [1.807, 2.05) is 41.8 Å². The molecule has 1 aliphatic heterocycles. The molecule has 2 aromatic carbocycles. The van der Waals surface area contributed by atoms with Gasteiger partial charge in [-0.3, -0.25) is 24.4 Å². The number of fused-ring (bicyclic) bond motifs is 1. The highest BCUT2D eigenvalue weighted by molar-refractivity contribution is 7.71. The number of hydrogen-bond acceptors (Lipinski definition) is 5. The predicted octanol–water partition coefficient (Wildman–Crippen LogP) is 2.77. The summed E-state index contributed by atoms with van der Waals surface area (Å²) in [5.41, 5.74) is 1.98. The summed E-state index contributed by atoms with van der Waals surface area (Å²) in [6, 6.07) is 14.3. The molecule has 32 heavy (non-hydrogen) atoms. The molecular weight excluding hydrogens is 426 g/mol. The van der Waals surface area contributed by atoms with Crippen LogP contribution >= 0.6 is 12.2 Å². The van der Waals surface area contributed by atoms with Gasteiger partial charge in [-0.1, -0.05) is 30.3 Å². The van der Waals surface area contributed by atoms with Gasteiger partial charge in [-0.25, -0.2) is 0 Å². The summed E-state index contributed by atoms with van der Waals surface area (Å²) < 4.78 is 2.41. The number of aromatic amines is 1. The van der Waals surface area contributed by atoms with Crippen molar-refractivity contribution in [2.75, 3.05) is 13.1 Å². The molecule has 8 nitrogen and oxygen atoms in total. The molecule has 0 fully saturated rings. The zero-order valence-electron chi connectivity index (χ0n) is 17.6. The lowest BCUT2D eigenvalue weighted by Crippen LogP contribution is -2.31. The van der Waals surface area contributed by atoms with Crippen LogP contribution in [0.1, 0.15) is 49.4 Å². The maximum Gasteiger partial charge on any atom is 0.261 e. The van der Waals surface area contributed by atoms with E-state index in [1.165, 1.54) is 11.0 Å². The first-order chi connectivity index (χ1) is 15.5. The van der Waals surface area contributed by atoms with Crippen LogP contribution in [0.5, 0.6) is 0 Å². The summed E-state index contributed by atoms with van der Waals surface area (Å²) in [7, 11) is 0. The fourth-order valence-electron chi connectivity index (χ4n) is 3.78. The van der Waals surface area contributed by atoms with Gasteiger partial charge in [0.25, 0.3) is 17.7 Å². The van der Waals surface area contributed by atoms with E-state index in [0.717, 1.165) is 11.4 Å². The molecule has 0 saturated heterocycles. The minimum absolute atomic E-state index is 0.266. The van der Waals surface area contributed by atoms with Crippen LogP contribution in [0.3, 0.4) is 0 Å². The zero-order valence-corrected chi connectivity index (χ0v) is 18.4. The largest absolute Gasteiger partial charge is 0.352 e. The van der Waals surface area contributed by atoms with Crippen molar-refractivity contribution in [3.8, 4) is 0 Å². The highest BCUT2D eigenvalue weighted by Gasteiger charge is 2.35. The first kappa shape index (κ1) is 21.6. The second-order valence-corrected chi connectivity index (χ2v) is 7.84. The predicted molar refractivity (Wildman–Crippen MR) is 121 cm³/mol. The van der Waals surface area contributed by atoms with Gasteiger partial charge in [0.15, 0.2) is 4.77 Å². The van der Waals surface area contributed by atoms with Gasteiger partial charge in [-0.05, 0) is 49.3 Å². The van der Waals surface area contributed by atoms with Gasteiger partial charge in [0.05, 0.1) is 11.1 Å². The number of benzene rings is 2. The first-order valence-corrected chi connectivity index (χ1v) is 10.9. The quantitative estimate of drug-likeness (QED) is 0.407. The van der Waals surface area contributed by atoms with Gasteiger partial charge in [0, 0.05) is 31.6 Å². The molecule has 0 saturated carbocycles. The monoisotopic (exact) mass is 449 g/mol. The average Bonchev–Trinajstić information content (AvgIpc) is 3.29. The molecule has 1 aliphatic rings. The highest BCUT2D eigenvalue weighted by atomic mass is 32.1. The molecule has 9 heteroatoms. The van der Waals surface area contributed by atoms with Gasteiger partial charge >= 0.3 is 0 Å². The van der Waals surface area contributed by atoms with E-state index >= 15 is 0 Å². The molecule has 0 aliphatic carbocycles. The van der Waals surface area contributed by atoms with E-state index in [4.69, 9.17) is 12.2 Å². The van der Waals surface area contributed by atoms with Crippen LogP contribution in [0.2, 0.25) is 0 Å². The van der Waals surface area contributed by atoms with Crippen molar-refractivity contribution in [2.45, 2.75) is 26.3 Å². The number of hydrogen-bond donors (Lipinski definition) is 2. The Bertz CT molecular complexity index is 1230. The fourth-order valence-corrected chi connectivity index (χ4v) is 4.06. The van der Waals surface area contributed by atoms with Crippen molar-refractivity contribution >= 4 is 29.9 Å². The van der Waals surface area contributed by atoms with Crippen molar-refractivity contribution in [3.05, 3.63) is 81.4 Å². The van der Waals surface area contributed by atoms with Crippen LogP contribution in [0.25, 0.3) is 0 Å². The van der Waals surface area contributed by atoms with Crippen LogP contribution < -0.4 is 5.32 Å². The minimum Gasteiger partial charge on any atom is -0.352 e. The summed E-state index contributed by atoms with van der Waals surface area (Å²) in [4.78, 5) is 39.3. The SMILES string of the molecule is CCn1c(CCNC(=O)c2ccc3c(c2)C(=O)N(CCc2ccccc2)C3=O)n[nH]c1=S. The lowest BCUT2D eigenvalue weighted by molar-refractivity contribution is 0.0656. The summed E-state index contributed by atoms with van der Waals surface area (Å²) in [6.45, 7) is 3.33. The Morgan fingerprint density at radius 1 is 1.06 bits per heavy atom. The smallest absolute Gasteiger partial charge is 0.261 e. The number of carbonyl (C=O) groups excluding carboxylic acids is 3. The van der Waals surface area contributed by atoms with Crippen LogP contribution in [-0.2, 0) is 19.4 Å². The van der Waals surface area contributed by atoms with Gasteiger partial charge in [0.2, 0.25) is 0 Å². The Hall–Kier alpha value is -3.59. The Balaban J connectivity index is 1.40. The van der Waals surface area contributed by atoms with E-state index in [9.17, 15) is 14.4 Å². The molecule has 1 aromatic heterocycles. The van der Waals surface area contributed by atoms with E-state index < -0.39 is 0 Å². The normalized spacial score (nSPS) is 12.8. The van der Waals surface area contributed by atoms with Gasteiger partial charge < -0.3 is 9.88 Å². The number of nitrogens with zero attached hydrogens (tertiary/aromatic N) is 3. The van der Waals surface area contributed by atoms with Gasteiger partial charge in [-0.15, -0.1) is 0 Å². The fraction of sp³-hybridized carbons (Fsp3) is 0.261. The van der Waals surface area contributed by atoms with Crippen LogP contribution in [0.15, 0.2) is 48.5 Å². The van der Waals surface area contributed by atoms with E-state index in [1.54, 1.807) is 12.1 Å². The van der Waals surface area contributed by atoms with E-state index in [2.05, 4.69) is 15.5 Å². The van der Waals surface area contributed by atoms with Gasteiger partial charge in [0.1, 0.15) is 5.82 Å². The topological polar surface area (TPSA) is 100 Å². The number of amides is 3. The summed E-state index contributed by atoms with van der Waals surface area (Å²) in [5, 5.41) is 9.76. The Labute approximate surface area is 190 Å². The molecule has 4 rings (SSSR count). The van der Waals surface area contributed by atoms with Crippen molar-refractivity contribution in [1.29, 1.82) is 0 Å². The first-order valence-electron chi connectivity index (χ1n) is 10.5. The molecule has 0 radical (unpaired) electrons. The van der Waals surface area contributed by atoms with Crippen LogP contribution in [0.4, 0.5) is 0 Å². The maximum absolute atomic E-state index is 12.8. The minimum atomic E-state index is -0.367. The number of rotatable bonds is 8. The summed E-state index contributed by atoms with van der Waals surface area (Å²) >= 11 is 5.17. The molecular formula is C23H23N5O3S. The van der Waals surface area contributed by atoms with Crippen molar-refractivity contribution in [2.24, 2.45) is 0 Å². The lowest BCUT2D eigenvalue weighted by Gasteiger charge is -2.13. The second kappa shape index (κ2) is 9.27. The maximum atomic E-state index is 12.8. The second-order valence-electron chi connectivity index (χ2n) is 7.45. The lowest BCUT2D eigenvalue weighted by atomic mass is 10.1. The van der Waals surface area contributed by atoms with Crippen LogP contribution in [-0.4, -0.2) is 50.5 Å². The Morgan fingerprint density at radius 3 is 2.56 bits per heavy atom. The molecule has 0 bridgehead atoms. The third-order valence-electron chi connectivity index (χ3n) is 5.49. The number of H-pyrrole nitrogens is 1. The molecule has 0 spiro atoms. The van der Waals surface area contributed by atoms with Gasteiger partial charge in [-0.2, -0.15) is 5.10 Å². The number of nitrogens with one attached hydrogen (secondary N) is 2. The third kappa shape index (κ3) is 4.24. The standard InChI is InChI=1S/C23H23N5O3S/c1-2-27-19(25-26-23(27)32)10-12-24-20(29)16-8-9-17-18(14-16)22(31)28(21(17)30)13-11-15-6-4-3-5-7-15/h3-9,14H,2,10-13H2,1H3,(H,24,29)(H,26,32). The highest BCUT2D eigenvalue weighted by Crippen LogP contribution is 2.24. The molecule has 3 amide bonds. The summed E-state index contributed by atoms with van der Waals surface area (Å²) in [5.74, 6) is -0.237. The van der Waals surface area contributed by atoms with Crippen molar-refractivity contribution in [3.63, 3.8) is 0 Å². The molecule has 164 valence electrons. The Kier molecular flexibility index (Phi) is 6.27. The number of carbonyl (C=O) groups is 3. The summed E-state index contributed by atoms with van der Waals surface area (Å²) in [6.07, 6.45) is 1.10. The zero-order chi connectivity index (χ0) is 22.7. The Morgan fingerprint density at radius 2 is 1.81 bits per heavy atom. The molecule has 2 heterocycles. The molecule has 0 atom stereocenters. The van der Waals surface area contributed by atoms with E-state index in [-0.39, 0.29) is 23.3 Å². The van der Waals surface area contributed by atoms with Crippen molar-refractivity contribution < 1.29 is 14.4 Å². The van der Waals surface area contributed by atoms with Crippen molar-refractivity contribution in [1.82, 2.24) is 25.0 Å². The van der Waals surface area contributed by atoms with Crippen LogP contribution in [0, 0.1) is 4.77 Å².